The Morgan fingerprint density at radius 2 is 1.79 bits per heavy atom. The molecule has 1 aliphatic carbocycles. The van der Waals surface area contributed by atoms with Gasteiger partial charge >= 0.3 is 0 Å². The summed E-state index contributed by atoms with van der Waals surface area (Å²) in [6.45, 7) is 0.897. The second-order valence-electron chi connectivity index (χ2n) is 7.23. The van der Waals surface area contributed by atoms with E-state index in [0.29, 0.717) is 0 Å². The van der Waals surface area contributed by atoms with Crippen molar-refractivity contribution < 1.29 is 22.4 Å². The second-order valence-corrected chi connectivity index (χ2v) is 9.14. The van der Waals surface area contributed by atoms with Crippen LogP contribution in [-0.2, 0) is 19.6 Å². The second kappa shape index (κ2) is 8.54. The predicted molar refractivity (Wildman–Crippen MR) is 100 cm³/mol. The molecule has 1 aromatic carbocycles. The molecule has 0 aromatic heterocycles. The van der Waals surface area contributed by atoms with Gasteiger partial charge in [0.05, 0.1) is 13.1 Å². The Bertz CT molecular complexity index is 836. The molecule has 1 aromatic rings. The van der Waals surface area contributed by atoms with Crippen LogP contribution in [0.15, 0.2) is 29.2 Å². The van der Waals surface area contributed by atoms with E-state index < -0.39 is 15.8 Å². The lowest BCUT2D eigenvalue weighted by Crippen LogP contribution is -2.52. The number of amides is 2. The molecule has 154 valence electrons. The number of carbonyl (C=O) groups excluding carboxylic acids is 2. The average molecular weight is 412 g/mol. The van der Waals surface area contributed by atoms with E-state index in [1.54, 1.807) is 16.8 Å². The number of hydrogen-bond acceptors (Lipinski definition) is 5. The number of likely N-dealkylation sites (N-methyl/N-ethyl adjacent to an activating group) is 1. The van der Waals surface area contributed by atoms with Gasteiger partial charge in [-0.25, -0.2) is 12.8 Å². The Balaban J connectivity index is 1.49. The molecule has 2 amide bonds. The molecular weight excluding hydrogens is 387 g/mol. The van der Waals surface area contributed by atoms with Gasteiger partial charge in [0.15, 0.2) is 0 Å². The number of hydrogen-bond donors (Lipinski definition) is 1. The van der Waals surface area contributed by atoms with Crippen LogP contribution in [0, 0.1) is 5.82 Å². The molecule has 2 fully saturated rings. The van der Waals surface area contributed by atoms with Crippen molar-refractivity contribution in [1.29, 1.82) is 0 Å². The first-order chi connectivity index (χ1) is 13.3. The zero-order chi connectivity index (χ0) is 20.3. The molecule has 10 heteroatoms. The van der Waals surface area contributed by atoms with Crippen molar-refractivity contribution in [3.63, 3.8) is 0 Å². The first-order valence-electron chi connectivity index (χ1n) is 9.28. The quantitative estimate of drug-likeness (QED) is 0.674. The van der Waals surface area contributed by atoms with Crippen LogP contribution in [0.2, 0.25) is 0 Å². The summed E-state index contributed by atoms with van der Waals surface area (Å²) in [7, 11) is -2.23. The monoisotopic (exact) mass is 412 g/mol. The molecule has 28 heavy (non-hydrogen) atoms. The number of carbonyl (C=O) groups is 2. The van der Waals surface area contributed by atoms with Gasteiger partial charge in [0, 0.05) is 32.2 Å². The summed E-state index contributed by atoms with van der Waals surface area (Å²) in [6.07, 6.45) is 2.02. The minimum Gasteiger partial charge on any atom is -0.352 e. The van der Waals surface area contributed by atoms with Crippen molar-refractivity contribution >= 4 is 21.8 Å². The van der Waals surface area contributed by atoms with Crippen LogP contribution in [0.25, 0.3) is 0 Å². The van der Waals surface area contributed by atoms with Crippen molar-refractivity contribution in [2.75, 3.05) is 46.3 Å². The summed E-state index contributed by atoms with van der Waals surface area (Å²) in [5.41, 5.74) is 0. The fourth-order valence-corrected chi connectivity index (χ4v) is 4.59. The summed E-state index contributed by atoms with van der Waals surface area (Å²) in [5.74, 6) is -1.05. The number of piperazine rings is 1. The average Bonchev–Trinajstić information content (AvgIpc) is 3.45. The zero-order valence-corrected chi connectivity index (χ0v) is 16.6. The van der Waals surface area contributed by atoms with Crippen LogP contribution < -0.4 is 5.32 Å². The number of halogens is 1. The first-order valence-corrected chi connectivity index (χ1v) is 10.7. The van der Waals surface area contributed by atoms with Gasteiger partial charge in [0.2, 0.25) is 21.8 Å². The highest BCUT2D eigenvalue weighted by Crippen LogP contribution is 2.20. The summed E-state index contributed by atoms with van der Waals surface area (Å²) >= 11 is 0. The summed E-state index contributed by atoms with van der Waals surface area (Å²) < 4.78 is 40.3. The summed E-state index contributed by atoms with van der Waals surface area (Å²) in [6, 6.07) is 5.55. The van der Waals surface area contributed by atoms with Gasteiger partial charge in [-0.05, 0) is 32.0 Å². The number of rotatable bonds is 7. The number of nitrogens with zero attached hydrogens (tertiary/aromatic N) is 3. The van der Waals surface area contributed by atoms with E-state index >= 15 is 0 Å². The highest BCUT2D eigenvalue weighted by molar-refractivity contribution is 7.89. The molecule has 0 atom stereocenters. The van der Waals surface area contributed by atoms with Crippen molar-refractivity contribution in [2.45, 2.75) is 23.8 Å². The standard InChI is InChI=1S/C18H25FN4O4S/c1-21(12-17(24)20-14-6-7-14)13-18(25)22-8-10-23(11-9-22)28(26,27)16-5-3-2-4-15(16)19/h2-5,14H,6-13H2,1H3,(H,20,24). The first kappa shape index (κ1) is 20.7. The van der Waals surface area contributed by atoms with E-state index in [-0.39, 0.29) is 62.0 Å². The molecule has 1 N–H and O–H groups in total. The van der Waals surface area contributed by atoms with Gasteiger partial charge < -0.3 is 10.2 Å². The Labute approximate surface area is 164 Å². The van der Waals surface area contributed by atoms with Crippen LogP contribution in [0.3, 0.4) is 0 Å². The van der Waals surface area contributed by atoms with Gasteiger partial charge in [-0.15, -0.1) is 0 Å². The highest BCUT2D eigenvalue weighted by atomic mass is 32.2. The number of nitrogens with one attached hydrogen (secondary N) is 1. The van der Waals surface area contributed by atoms with Gasteiger partial charge in [0.1, 0.15) is 10.7 Å². The van der Waals surface area contributed by atoms with Crippen molar-refractivity contribution in [2.24, 2.45) is 0 Å². The van der Waals surface area contributed by atoms with Gasteiger partial charge in [0.25, 0.3) is 0 Å². The molecule has 0 spiro atoms. The fraction of sp³-hybridized carbons (Fsp3) is 0.556. The van der Waals surface area contributed by atoms with E-state index in [1.807, 2.05) is 0 Å². The van der Waals surface area contributed by atoms with Crippen LogP contribution in [-0.4, -0.2) is 86.7 Å². The van der Waals surface area contributed by atoms with Crippen molar-refractivity contribution in [1.82, 2.24) is 19.4 Å². The van der Waals surface area contributed by atoms with E-state index in [0.717, 1.165) is 18.9 Å². The van der Waals surface area contributed by atoms with Crippen molar-refractivity contribution in [3.8, 4) is 0 Å². The van der Waals surface area contributed by atoms with E-state index in [1.165, 1.54) is 22.5 Å². The third-order valence-corrected chi connectivity index (χ3v) is 6.74. The summed E-state index contributed by atoms with van der Waals surface area (Å²) in [5, 5.41) is 2.87. The van der Waals surface area contributed by atoms with Crippen LogP contribution in [0.5, 0.6) is 0 Å². The maximum Gasteiger partial charge on any atom is 0.246 e. The lowest BCUT2D eigenvalue weighted by Gasteiger charge is -2.34. The molecule has 0 radical (unpaired) electrons. The third kappa shape index (κ3) is 5.06. The molecule has 1 heterocycles. The third-order valence-electron chi connectivity index (χ3n) is 4.81. The fourth-order valence-electron chi connectivity index (χ4n) is 3.10. The number of benzene rings is 1. The van der Waals surface area contributed by atoms with Gasteiger partial charge in [-0.1, -0.05) is 12.1 Å². The molecule has 0 unspecified atom stereocenters. The van der Waals surface area contributed by atoms with Crippen LogP contribution in [0.1, 0.15) is 12.8 Å². The lowest BCUT2D eigenvalue weighted by atomic mass is 10.3. The van der Waals surface area contributed by atoms with Crippen LogP contribution >= 0.6 is 0 Å². The van der Waals surface area contributed by atoms with E-state index in [9.17, 15) is 22.4 Å². The minimum absolute atomic E-state index is 0.0815. The predicted octanol–water partition coefficient (Wildman–Crippen LogP) is -0.131. The maximum atomic E-state index is 13.9. The number of sulfonamides is 1. The summed E-state index contributed by atoms with van der Waals surface area (Å²) in [4.78, 5) is 27.1. The zero-order valence-electron chi connectivity index (χ0n) is 15.8. The Hall–Kier alpha value is -2.04. The van der Waals surface area contributed by atoms with Gasteiger partial charge in [-0.3, -0.25) is 14.5 Å². The Morgan fingerprint density at radius 1 is 1.14 bits per heavy atom. The highest BCUT2D eigenvalue weighted by Gasteiger charge is 2.32. The van der Waals surface area contributed by atoms with E-state index in [2.05, 4.69) is 5.32 Å². The maximum absolute atomic E-state index is 13.9. The Kier molecular flexibility index (Phi) is 6.31. The molecule has 1 saturated carbocycles. The molecule has 3 rings (SSSR count). The smallest absolute Gasteiger partial charge is 0.246 e. The lowest BCUT2D eigenvalue weighted by molar-refractivity contribution is -0.133. The minimum atomic E-state index is -3.93. The molecule has 2 aliphatic rings. The molecule has 1 saturated heterocycles. The van der Waals surface area contributed by atoms with Crippen molar-refractivity contribution in [3.05, 3.63) is 30.1 Å². The van der Waals surface area contributed by atoms with E-state index in [4.69, 9.17) is 0 Å². The van der Waals surface area contributed by atoms with Crippen LogP contribution in [0.4, 0.5) is 4.39 Å². The molecular formula is C18H25FN4O4S. The topological polar surface area (TPSA) is 90.0 Å². The molecule has 8 nitrogen and oxygen atoms in total. The normalized spacial score (nSPS) is 18.3. The van der Waals surface area contributed by atoms with Gasteiger partial charge in [-0.2, -0.15) is 4.31 Å². The molecule has 1 aliphatic heterocycles. The Morgan fingerprint density at radius 3 is 2.39 bits per heavy atom. The SMILES string of the molecule is CN(CC(=O)NC1CC1)CC(=O)N1CCN(S(=O)(=O)c2ccccc2F)CC1. The molecule has 0 bridgehead atoms. The largest absolute Gasteiger partial charge is 0.352 e.